The Kier molecular flexibility index (Phi) is 5.43. The van der Waals surface area contributed by atoms with Gasteiger partial charge in [0.25, 0.3) is 5.91 Å². The van der Waals surface area contributed by atoms with Crippen molar-refractivity contribution in [3.05, 3.63) is 59.2 Å². The van der Waals surface area contributed by atoms with Crippen molar-refractivity contribution in [3.63, 3.8) is 0 Å². The molecule has 0 aromatic heterocycles. The molecule has 0 radical (unpaired) electrons. The van der Waals surface area contributed by atoms with E-state index in [0.29, 0.717) is 5.92 Å². The molecule has 1 atom stereocenters. The van der Waals surface area contributed by atoms with Gasteiger partial charge in [-0.1, -0.05) is 38.1 Å². The van der Waals surface area contributed by atoms with Gasteiger partial charge in [0.05, 0.1) is 0 Å². The summed E-state index contributed by atoms with van der Waals surface area (Å²) in [5.41, 5.74) is 4.27. The number of hydrogen-bond acceptors (Lipinski definition) is 2. The molecule has 1 amide bonds. The van der Waals surface area contributed by atoms with Crippen LogP contribution in [0.5, 0.6) is 5.75 Å². The lowest BCUT2D eigenvalue weighted by molar-refractivity contribution is -0.122. The second-order valence-corrected chi connectivity index (χ2v) is 6.24. The van der Waals surface area contributed by atoms with Gasteiger partial charge in [-0.15, -0.1) is 0 Å². The Morgan fingerprint density at radius 1 is 1.00 bits per heavy atom. The van der Waals surface area contributed by atoms with Gasteiger partial charge < -0.3 is 10.1 Å². The molecule has 0 fully saturated rings. The number of rotatable bonds is 5. The van der Waals surface area contributed by atoms with E-state index in [-0.39, 0.29) is 5.91 Å². The molecule has 0 saturated carbocycles. The van der Waals surface area contributed by atoms with E-state index >= 15 is 0 Å². The topological polar surface area (TPSA) is 38.3 Å². The fourth-order valence-corrected chi connectivity index (χ4v) is 2.37. The number of para-hydroxylation sites is 1. The van der Waals surface area contributed by atoms with E-state index in [1.54, 1.807) is 6.92 Å². The van der Waals surface area contributed by atoms with Crippen molar-refractivity contribution in [2.24, 2.45) is 0 Å². The van der Waals surface area contributed by atoms with Gasteiger partial charge in [-0.2, -0.15) is 0 Å². The van der Waals surface area contributed by atoms with E-state index in [2.05, 4.69) is 26.1 Å². The van der Waals surface area contributed by atoms with Crippen molar-refractivity contribution in [1.29, 1.82) is 0 Å². The minimum atomic E-state index is -0.559. The third-order valence-electron chi connectivity index (χ3n) is 3.99. The Hall–Kier alpha value is -2.29. The fourth-order valence-electron chi connectivity index (χ4n) is 2.37. The van der Waals surface area contributed by atoms with E-state index in [9.17, 15) is 4.79 Å². The number of amides is 1. The standard InChI is InChI=1S/C20H25NO2/c1-13(2)18-8-6-7-9-19(18)23-16(5)20(22)21-17-11-10-14(3)15(4)12-17/h6-13,16H,1-5H3,(H,21,22)/t16-/m0/s1. The maximum Gasteiger partial charge on any atom is 0.265 e. The smallest absolute Gasteiger partial charge is 0.265 e. The van der Waals surface area contributed by atoms with Crippen LogP contribution in [0, 0.1) is 13.8 Å². The molecule has 0 heterocycles. The van der Waals surface area contributed by atoms with Crippen molar-refractivity contribution in [1.82, 2.24) is 0 Å². The highest BCUT2D eigenvalue weighted by Crippen LogP contribution is 2.27. The predicted octanol–water partition coefficient (Wildman–Crippen LogP) is 4.83. The van der Waals surface area contributed by atoms with E-state index in [4.69, 9.17) is 4.74 Å². The van der Waals surface area contributed by atoms with Gasteiger partial charge in [-0.3, -0.25) is 4.79 Å². The van der Waals surface area contributed by atoms with Crippen LogP contribution in [0.2, 0.25) is 0 Å². The summed E-state index contributed by atoms with van der Waals surface area (Å²) in [4.78, 5) is 12.4. The minimum absolute atomic E-state index is 0.146. The van der Waals surface area contributed by atoms with Crippen LogP contribution in [-0.2, 0) is 4.79 Å². The number of carbonyl (C=O) groups excluding carboxylic acids is 1. The van der Waals surface area contributed by atoms with Crippen molar-refractivity contribution in [3.8, 4) is 5.75 Å². The first-order valence-electron chi connectivity index (χ1n) is 8.02. The largest absolute Gasteiger partial charge is 0.481 e. The zero-order chi connectivity index (χ0) is 17.0. The van der Waals surface area contributed by atoms with Crippen LogP contribution in [0.1, 0.15) is 43.4 Å². The van der Waals surface area contributed by atoms with Gasteiger partial charge >= 0.3 is 0 Å². The molecule has 122 valence electrons. The SMILES string of the molecule is Cc1ccc(NC(=O)[C@H](C)Oc2ccccc2C(C)C)cc1C. The van der Waals surface area contributed by atoms with Gasteiger partial charge in [-0.25, -0.2) is 0 Å². The fraction of sp³-hybridized carbons (Fsp3) is 0.350. The highest BCUT2D eigenvalue weighted by atomic mass is 16.5. The van der Waals surface area contributed by atoms with Crippen LogP contribution in [0.4, 0.5) is 5.69 Å². The molecular weight excluding hydrogens is 286 g/mol. The van der Waals surface area contributed by atoms with E-state index in [1.165, 1.54) is 5.56 Å². The van der Waals surface area contributed by atoms with Gasteiger partial charge in [-0.05, 0) is 61.6 Å². The quantitative estimate of drug-likeness (QED) is 0.858. The van der Waals surface area contributed by atoms with Gasteiger partial charge in [0.1, 0.15) is 5.75 Å². The summed E-state index contributed by atoms with van der Waals surface area (Å²) in [5, 5.41) is 2.91. The van der Waals surface area contributed by atoms with Crippen molar-refractivity contribution in [2.45, 2.75) is 46.6 Å². The first-order valence-corrected chi connectivity index (χ1v) is 8.02. The molecule has 0 bridgehead atoms. The van der Waals surface area contributed by atoms with E-state index < -0.39 is 6.10 Å². The Morgan fingerprint density at radius 2 is 1.70 bits per heavy atom. The summed E-state index contributed by atoms with van der Waals surface area (Å²) >= 11 is 0. The molecule has 3 heteroatoms. The number of ether oxygens (including phenoxy) is 1. The summed E-state index contributed by atoms with van der Waals surface area (Å²) in [7, 11) is 0. The van der Waals surface area contributed by atoms with Gasteiger partial charge in [0.15, 0.2) is 6.10 Å². The molecule has 3 nitrogen and oxygen atoms in total. The summed E-state index contributed by atoms with van der Waals surface area (Å²) in [6.07, 6.45) is -0.559. The average molecular weight is 311 g/mol. The minimum Gasteiger partial charge on any atom is -0.481 e. The third-order valence-corrected chi connectivity index (χ3v) is 3.99. The molecule has 0 spiro atoms. The molecule has 1 N–H and O–H groups in total. The van der Waals surface area contributed by atoms with Crippen molar-refractivity contribution < 1.29 is 9.53 Å². The van der Waals surface area contributed by atoms with E-state index in [1.807, 2.05) is 49.4 Å². The normalized spacial score (nSPS) is 12.1. The molecule has 0 unspecified atom stereocenters. The predicted molar refractivity (Wildman–Crippen MR) is 95.2 cm³/mol. The molecular formula is C20H25NO2. The monoisotopic (exact) mass is 311 g/mol. The highest BCUT2D eigenvalue weighted by Gasteiger charge is 2.17. The number of anilines is 1. The zero-order valence-electron chi connectivity index (χ0n) is 14.5. The second-order valence-electron chi connectivity index (χ2n) is 6.24. The number of aryl methyl sites for hydroxylation is 2. The maximum absolute atomic E-state index is 12.4. The first kappa shape index (κ1) is 17.1. The Balaban J connectivity index is 2.07. The zero-order valence-corrected chi connectivity index (χ0v) is 14.5. The number of benzene rings is 2. The molecule has 0 aliphatic carbocycles. The summed E-state index contributed by atoms with van der Waals surface area (Å²) in [5.74, 6) is 0.971. The lowest BCUT2D eigenvalue weighted by Gasteiger charge is -2.19. The molecule has 0 aliphatic rings. The molecule has 23 heavy (non-hydrogen) atoms. The summed E-state index contributed by atoms with van der Waals surface area (Å²) < 4.78 is 5.88. The highest BCUT2D eigenvalue weighted by molar-refractivity contribution is 5.94. The second kappa shape index (κ2) is 7.32. The number of carbonyl (C=O) groups is 1. The van der Waals surface area contributed by atoms with Crippen LogP contribution < -0.4 is 10.1 Å². The Bertz CT molecular complexity index is 692. The van der Waals surface area contributed by atoms with E-state index in [0.717, 1.165) is 22.6 Å². The van der Waals surface area contributed by atoms with Crippen LogP contribution in [0.25, 0.3) is 0 Å². The van der Waals surface area contributed by atoms with Crippen LogP contribution >= 0.6 is 0 Å². The lowest BCUT2D eigenvalue weighted by Crippen LogP contribution is -2.30. The van der Waals surface area contributed by atoms with Crippen LogP contribution in [0.3, 0.4) is 0 Å². The molecule has 0 aliphatic heterocycles. The Morgan fingerprint density at radius 3 is 2.35 bits per heavy atom. The summed E-state index contributed by atoms with van der Waals surface area (Å²) in [6.45, 7) is 10.1. The molecule has 2 aromatic carbocycles. The van der Waals surface area contributed by atoms with Crippen molar-refractivity contribution in [2.75, 3.05) is 5.32 Å². The average Bonchev–Trinajstić information content (AvgIpc) is 2.51. The van der Waals surface area contributed by atoms with Crippen LogP contribution in [-0.4, -0.2) is 12.0 Å². The maximum atomic E-state index is 12.4. The van der Waals surface area contributed by atoms with Gasteiger partial charge in [0, 0.05) is 5.69 Å². The van der Waals surface area contributed by atoms with Crippen molar-refractivity contribution >= 4 is 11.6 Å². The van der Waals surface area contributed by atoms with Gasteiger partial charge in [0.2, 0.25) is 0 Å². The Labute approximate surface area is 138 Å². The number of nitrogens with one attached hydrogen (secondary N) is 1. The lowest BCUT2D eigenvalue weighted by atomic mass is 10.0. The molecule has 0 saturated heterocycles. The molecule has 2 rings (SSSR count). The molecule has 2 aromatic rings. The number of hydrogen-bond donors (Lipinski definition) is 1. The third kappa shape index (κ3) is 4.35. The van der Waals surface area contributed by atoms with Crippen LogP contribution in [0.15, 0.2) is 42.5 Å². The summed E-state index contributed by atoms with van der Waals surface area (Å²) in [6, 6.07) is 13.8. The first-order chi connectivity index (χ1) is 10.9.